The second-order valence-electron chi connectivity index (χ2n) is 6.90. The summed E-state index contributed by atoms with van der Waals surface area (Å²) in [4.78, 5) is 2.40. The molecule has 3 nitrogen and oxygen atoms in total. The van der Waals surface area contributed by atoms with Crippen LogP contribution in [0.5, 0.6) is 0 Å². The highest BCUT2D eigenvalue weighted by Gasteiger charge is 2.37. The maximum absolute atomic E-state index is 6.09. The molecule has 2 N–H and O–H groups in total. The average Bonchev–Trinajstić information content (AvgIpc) is 2.88. The van der Waals surface area contributed by atoms with Crippen LogP contribution < -0.4 is 5.73 Å². The van der Waals surface area contributed by atoms with Crippen molar-refractivity contribution in [3.8, 4) is 0 Å². The summed E-state index contributed by atoms with van der Waals surface area (Å²) in [7, 11) is 2.19. The molecule has 0 aromatic carbocycles. The van der Waals surface area contributed by atoms with Gasteiger partial charge in [-0.25, -0.2) is 0 Å². The molecule has 2 aliphatic rings. The van der Waals surface area contributed by atoms with Crippen LogP contribution in [0.2, 0.25) is 0 Å². The first-order valence-corrected chi connectivity index (χ1v) is 8.19. The average molecular weight is 276 g/mol. The molecule has 0 spiro atoms. The van der Waals surface area contributed by atoms with Crippen molar-refractivity contribution >= 4 is 0 Å². The van der Waals surface area contributed by atoms with Gasteiger partial charge in [0.2, 0.25) is 0 Å². The van der Waals surface area contributed by atoms with E-state index in [-0.39, 0.29) is 6.04 Å². The lowest BCUT2D eigenvalue weighted by molar-refractivity contribution is 0.188. The van der Waals surface area contributed by atoms with Crippen LogP contribution in [-0.2, 0) is 0 Å². The van der Waals surface area contributed by atoms with Crippen molar-refractivity contribution in [1.82, 2.24) is 4.90 Å². The smallest absolute Gasteiger partial charge is 0.122 e. The summed E-state index contributed by atoms with van der Waals surface area (Å²) in [6, 6.07) is 4.54. The van der Waals surface area contributed by atoms with Crippen LogP contribution in [0, 0.1) is 11.8 Å². The van der Waals surface area contributed by atoms with Gasteiger partial charge in [-0.05, 0) is 50.3 Å². The summed E-state index contributed by atoms with van der Waals surface area (Å²) in [6.07, 6.45) is 6.83. The Kier molecular flexibility index (Phi) is 4.18. The molecule has 3 atom stereocenters. The van der Waals surface area contributed by atoms with Crippen LogP contribution in [-0.4, -0.2) is 25.0 Å². The third-order valence-corrected chi connectivity index (χ3v) is 5.23. The van der Waals surface area contributed by atoms with Crippen LogP contribution in [0.4, 0.5) is 0 Å². The summed E-state index contributed by atoms with van der Waals surface area (Å²) in [6.45, 7) is 4.08. The largest absolute Gasteiger partial charge is 0.464 e. The first-order valence-electron chi connectivity index (χ1n) is 8.19. The number of nitrogens with zero attached hydrogens (tertiary/aromatic N) is 1. The summed E-state index contributed by atoms with van der Waals surface area (Å²) in [5.74, 6) is 4.53. The van der Waals surface area contributed by atoms with Gasteiger partial charge >= 0.3 is 0 Å². The highest BCUT2D eigenvalue weighted by Crippen LogP contribution is 2.47. The Balaban J connectivity index is 1.63. The Bertz CT molecular complexity index is 436. The Hall–Kier alpha value is -0.800. The van der Waals surface area contributed by atoms with E-state index in [9.17, 15) is 0 Å². The lowest BCUT2D eigenvalue weighted by Crippen LogP contribution is -2.33. The minimum atomic E-state index is 0.235. The Labute approximate surface area is 122 Å². The van der Waals surface area contributed by atoms with E-state index >= 15 is 0 Å². The van der Waals surface area contributed by atoms with Gasteiger partial charge in [0.15, 0.2) is 0 Å². The SMILES string of the molecule is CC1CC1c1ccc(C(CN)N(C)CC2CCCC2)o1. The zero-order valence-corrected chi connectivity index (χ0v) is 12.8. The molecule has 3 heteroatoms. The molecule has 0 radical (unpaired) electrons. The Morgan fingerprint density at radius 3 is 2.65 bits per heavy atom. The predicted octanol–water partition coefficient (Wildman–Crippen LogP) is 3.52. The highest BCUT2D eigenvalue weighted by atomic mass is 16.3. The van der Waals surface area contributed by atoms with Gasteiger partial charge in [0.1, 0.15) is 11.5 Å². The number of hydrogen-bond donors (Lipinski definition) is 1. The first kappa shape index (κ1) is 14.2. The summed E-state index contributed by atoms with van der Waals surface area (Å²) >= 11 is 0. The number of furan rings is 1. The second-order valence-corrected chi connectivity index (χ2v) is 6.90. The van der Waals surface area contributed by atoms with E-state index in [2.05, 4.69) is 31.0 Å². The second kappa shape index (κ2) is 5.90. The van der Waals surface area contributed by atoms with Gasteiger partial charge in [0.05, 0.1) is 6.04 Å². The lowest BCUT2D eigenvalue weighted by atomic mass is 10.1. The number of rotatable bonds is 6. The molecule has 0 aliphatic heterocycles. The fourth-order valence-electron chi connectivity index (χ4n) is 3.71. The normalized spacial score (nSPS) is 28.2. The predicted molar refractivity (Wildman–Crippen MR) is 81.6 cm³/mol. The zero-order valence-electron chi connectivity index (χ0n) is 12.8. The van der Waals surface area contributed by atoms with Crippen molar-refractivity contribution in [2.75, 3.05) is 20.1 Å². The third kappa shape index (κ3) is 2.94. The molecule has 2 saturated carbocycles. The number of hydrogen-bond acceptors (Lipinski definition) is 3. The molecule has 1 aromatic heterocycles. The number of nitrogens with two attached hydrogens (primary N) is 1. The Morgan fingerprint density at radius 2 is 2.05 bits per heavy atom. The van der Waals surface area contributed by atoms with Gasteiger partial charge in [-0.15, -0.1) is 0 Å². The summed E-state index contributed by atoms with van der Waals surface area (Å²) in [5, 5.41) is 0. The minimum Gasteiger partial charge on any atom is -0.464 e. The molecular weight excluding hydrogens is 248 g/mol. The van der Waals surface area contributed by atoms with Gasteiger partial charge in [0, 0.05) is 19.0 Å². The summed E-state index contributed by atoms with van der Waals surface area (Å²) in [5.41, 5.74) is 6.01. The van der Waals surface area contributed by atoms with Crippen LogP contribution in [0.25, 0.3) is 0 Å². The van der Waals surface area contributed by atoms with Crippen molar-refractivity contribution in [2.45, 2.75) is 51.0 Å². The van der Waals surface area contributed by atoms with E-state index in [0.717, 1.165) is 24.1 Å². The van der Waals surface area contributed by atoms with Crippen LogP contribution in [0.15, 0.2) is 16.5 Å². The van der Waals surface area contributed by atoms with E-state index in [1.165, 1.54) is 37.9 Å². The minimum absolute atomic E-state index is 0.235. The van der Waals surface area contributed by atoms with Gasteiger partial charge in [-0.3, -0.25) is 4.90 Å². The standard InChI is InChI=1S/C17H28N2O/c1-12-9-14(12)16-7-8-17(20-16)15(10-18)19(2)11-13-5-3-4-6-13/h7-8,12-15H,3-6,9-11,18H2,1-2H3. The highest BCUT2D eigenvalue weighted by molar-refractivity contribution is 5.19. The van der Waals surface area contributed by atoms with Gasteiger partial charge in [-0.2, -0.15) is 0 Å². The molecular formula is C17H28N2O. The van der Waals surface area contributed by atoms with E-state index in [0.29, 0.717) is 12.5 Å². The molecule has 1 heterocycles. The molecule has 0 amide bonds. The van der Waals surface area contributed by atoms with E-state index in [1.807, 2.05) is 0 Å². The molecule has 2 fully saturated rings. The topological polar surface area (TPSA) is 42.4 Å². The van der Waals surface area contributed by atoms with Crippen molar-refractivity contribution < 1.29 is 4.42 Å². The molecule has 3 unspecified atom stereocenters. The van der Waals surface area contributed by atoms with Gasteiger partial charge in [0.25, 0.3) is 0 Å². The fourth-order valence-corrected chi connectivity index (χ4v) is 3.71. The van der Waals surface area contributed by atoms with Crippen molar-refractivity contribution in [3.63, 3.8) is 0 Å². The summed E-state index contributed by atoms with van der Waals surface area (Å²) < 4.78 is 6.09. The van der Waals surface area contributed by atoms with E-state index in [1.54, 1.807) is 0 Å². The van der Waals surface area contributed by atoms with Gasteiger partial charge < -0.3 is 10.2 Å². The van der Waals surface area contributed by atoms with Crippen molar-refractivity contribution in [1.29, 1.82) is 0 Å². The van der Waals surface area contributed by atoms with Crippen LogP contribution in [0.3, 0.4) is 0 Å². The molecule has 0 bridgehead atoms. The van der Waals surface area contributed by atoms with Crippen LogP contribution >= 0.6 is 0 Å². The fraction of sp³-hybridized carbons (Fsp3) is 0.765. The first-order chi connectivity index (χ1) is 9.69. The van der Waals surface area contributed by atoms with Gasteiger partial charge in [-0.1, -0.05) is 19.8 Å². The van der Waals surface area contributed by atoms with Crippen molar-refractivity contribution in [2.24, 2.45) is 17.6 Å². The van der Waals surface area contributed by atoms with Crippen molar-refractivity contribution in [3.05, 3.63) is 23.7 Å². The molecule has 1 aromatic rings. The zero-order chi connectivity index (χ0) is 14.1. The molecule has 2 aliphatic carbocycles. The number of likely N-dealkylation sites (N-methyl/N-ethyl adjacent to an activating group) is 1. The maximum atomic E-state index is 6.09. The lowest BCUT2D eigenvalue weighted by Gasteiger charge is -2.27. The molecule has 3 rings (SSSR count). The Morgan fingerprint density at radius 1 is 1.35 bits per heavy atom. The molecule has 20 heavy (non-hydrogen) atoms. The third-order valence-electron chi connectivity index (χ3n) is 5.23. The van der Waals surface area contributed by atoms with E-state index < -0.39 is 0 Å². The monoisotopic (exact) mass is 276 g/mol. The van der Waals surface area contributed by atoms with E-state index in [4.69, 9.17) is 10.2 Å². The molecule has 112 valence electrons. The maximum Gasteiger partial charge on any atom is 0.122 e. The van der Waals surface area contributed by atoms with Crippen LogP contribution in [0.1, 0.15) is 62.5 Å². The molecule has 0 saturated heterocycles. The quantitative estimate of drug-likeness (QED) is 0.864.